The van der Waals surface area contributed by atoms with Crippen molar-refractivity contribution in [3.63, 3.8) is 0 Å². The van der Waals surface area contributed by atoms with Gasteiger partial charge in [0.1, 0.15) is 12.4 Å². The minimum absolute atomic E-state index is 0.0301. The number of hydrogen-bond acceptors (Lipinski definition) is 5. The van der Waals surface area contributed by atoms with Crippen LogP contribution in [0.1, 0.15) is 51.4 Å². The van der Waals surface area contributed by atoms with Crippen molar-refractivity contribution < 1.29 is 13.2 Å². The molecule has 1 aromatic carbocycles. The van der Waals surface area contributed by atoms with Gasteiger partial charge >= 0.3 is 5.69 Å². The molecule has 0 spiro atoms. The first-order valence-corrected chi connectivity index (χ1v) is 11.6. The molecule has 0 saturated heterocycles. The fraction of sp³-hybridized carbons (Fsp3) is 0.550. The Bertz CT molecular complexity index is 1080. The van der Waals surface area contributed by atoms with E-state index in [-0.39, 0.29) is 23.7 Å². The molecule has 10 heteroatoms. The first kappa shape index (κ1) is 22.2. The number of sulfonamides is 1. The summed E-state index contributed by atoms with van der Waals surface area (Å²) in [5.74, 6) is 0.316. The van der Waals surface area contributed by atoms with Gasteiger partial charge in [0.25, 0.3) is 0 Å². The van der Waals surface area contributed by atoms with Crippen LogP contribution in [0.15, 0.2) is 34.0 Å². The van der Waals surface area contributed by atoms with E-state index < -0.39 is 21.5 Å². The fourth-order valence-electron chi connectivity index (χ4n) is 3.48. The van der Waals surface area contributed by atoms with E-state index in [1.165, 1.54) is 10.7 Å². The van der Waals surface area contributed by atoms with Crippen molar-refractivity contribution in [1.82, 2.24) is 24.4 Å². The van der Waals surface area contributed by atoms with Crippen molar-refractivity contribution in [2.45, 2.75) is 76.5 Å². The Morgan fingerprint density at radius 3 is 2.63 bits per heavy atom. The van der Waals surface area contributed by atoms with Crippen molar-refractivity contribution >= 4 is 15.9 Å². The Hall–Kier alpha value is -2.46. The summed E-state index contributed by atoms with van der Waals surface area (Å²) < 4.78 is 30.9. The molecule has 0 unspecified atom stereocenters. The Kier molecular flexibility index (Phi) is 6.47. The summed E-state index contributed by atoms with van der Waals surface area (Å²) in [7, 11) is -3.74. The molecule has 2 aromatic rings. The molecule has 2 N–H and O–H groups in total. The van der Waals surface area contributed by atoms with Crippen LogP contribution in [-0.4, -0.2) is 34.2 Å². The van der Waals surface area contributed by atoms with Crippen molar-refractivity contribution in [2.24, 2.45) is 0 Å². The molecule has 0 atom stereocenters. The van der Waals surface area contributed by atoms with Gasteiger partial charge in [0.15, 0.2) is 0 Å². The zero-order valence-corrected chi connectivity index (χ0v) is 18.5. The van der Waals surface area contributed by atoms with Crippen LogP contribution in [0.25, 0.3) is 0 Å². The predicted molar refractivity (Wildman–Crippen MR) is 112 cm³/mol. The number of carbonyl (C=O) groups excluding carboxylic acids is 1. The summed E-state index contributed by atoms with van der Waals surface area (Å²) in [6.07, 6.45) is 3.71. The average Bonchev–Trinajstić information content (AvgIpc) is 2.82. The summed E-state index contributed by atoms with van der Waals surface area (Å²) in [5.41, 5.74) is -0.440. The van der Waals surface area contributed by atoms with E-state index in [1.807, 2.05) is 0 Å². The number of rotatable bonds is 6. The Morgan fingerprint density at radius 1 is 1.17 bits per heavy atom. The third-order valence-electron chi connectivity index (χ3n) is 4.75. The van der Waals surface area contributed by atoms with Crippen LogP contribution in [0.4, 0.5) is 0 Å². The van der Waals surface area contributed by atoms with E-state index in [4.69, 9.17) is 0 Å². The molecule has 0 bridgehead atoms. The number of nitrogens with zero attached hydrogens (tertiary/aromatic N) is 3. The number of benzene rings is 1. The number of hydrogen-bond donors (Lipinski definition) is 2. The third kappa shape index (κ3) is 5.37. The predicted octanol–water partition coefficient (Wildman–Crippen LogP) is 1.16. The number of amides is 1. The van der Waals surface area contributed by atoms with E-state index in [9.17, 15) is 18.0 Å². The molecule has 0 fully saturated rings. The normalized spacial score (nSPS) is 14.8. The lowest BCUT2D eigenvalue weighted by Crippen LogP contribution is -2.41. The molecule has 9 nitrogen and oxygen atoms in total. The molecule has 1 aliphatic heterocycles. The lowest BCUT2D eigenvalue weighted by Gasteiger charge is -2.21. The molecular weight excluding hydrogens is 406 g/mol. The maximum Gasteiger partial charge on any atom is 0.346 e. The highest BCUT2D eigenvalue weighted by molar-refractivity contribution is 7.89. The van der Waals surface area contributed by atoms with Gasteiger partial charge in [-0.15, -0.1) is 0 Å². The average molecular weight is 436 g/mol. The molecule has 1 aliphatic rings. The molecule has 1 aromatic heterocycles. The minimum atomic E-state index is -3.74. The van der Waals surface area contributed by atoms with E-state index in [0.717, 1.165) is 31.5 Å². The summed E-state index contributed by atoms with van der Waals surface area (Å²) in [6, 6.07) is 6.52. The Balaban J connectivity index is 1.70. The number of carbonyl (C=O) groups is 1. The van der Waals surface area contributed by atoms with Crippen molar-refractivity contribution in [1.29, 1.82) is 0 Å². The summed E-state index contributed by atoms with van der Waals surface area (Å²) in [4.78, 5) is 25.0. The maximum atomic E-state index is 12.7. The standard InChI is InChI=1S/C20H29N5O4S/c1-20(2,3)23-30(28,29)16-10-7-6-9-15(16)13-21-18(26)14-25-19(27)24-12-8-4-5-11-17(24)22-25/h6-7,9-10,23H,4-5,8,11-14H2,1-3H3,(H,21,26). The second-order valence-electron chi connectivity index (χ2n) is 8.56. The Labute approximate surface area is 176 Å². The fourth-order valence-corrected chi connectivity index (χ4v) is 5.14. The monoisotopic (exact) mass is 435 g/mol. The molecule has 0 saturated carbocycles. The maximum absolute atomic E-state index is 12.7. The number of aryl methyl sites for hydroxylation is 1. The molecular formula is C20H29N5O4S. The molecule has 164 valence electrons. The van der Waals surface area contributed by atoms with Crippen LogP contribution in [0.2, 0.25) is 0 Å². The SMILES string of the molecule is CC(C)(C)NS(=O)(=O)c1ccccc1CNC(=O)Cn1nc2n(c1=O)CCCCC2. The van der Waals surface area contributed by atoms with Gasteiger partial charge < -0.3 is 5.32 Å². The zero-order chi connectivity index (χ0) is 21.9. The van der Waals surface area contributed by atoms with Gasteiger partial charge in [0.05, 0.1) is 4.90 Å². The molecule has 0 aliphatic carbocycles. The largest absolute Gasteiger partial charge is 0.350 e. The van der Waals surface area contributed by atoms with Crippen LogP contribution in [-0.2, 0) is 40.9 Å². The first-order chi connectivity index (χ1) is 14.1. The van der Waals surface area contributed by atoms with Crippen molar-refractivity contribution in [3.8, 4) is 0 Å². The van der Waals surface area contributed by atoms with Gasteiger partial charge in [0.2, 0.25) is 15.9 Å². The summed E-state index contributed by atoms with van der Waals surface area (Å²) >= 11 is 0. The van der Waals surface area contributed by atoms with Crippen LogP contribution >= 0.6 is 0 Å². The first-order valence-electron chi connectivity index (χ1n) is 10.1. The zero-order valence-electron chi connectivity index (χ0n) is 17.6. The second kappa shape index (κ2) is 8.73. The Morgan fingerprint density at radius 2 is 1.90 bits per heavy atom. The molecule has 30 heavy (non-hydrogen) atoms. The van der Waals surface area contributed by atoms with Crippen molar-refractivity contribution in [2.75, 3.05) is 0 Å². The van der Waals surface area contributed by atoms with Gasteiger partial charge in [-0.2, -0.15) is 5.10 Å². The van der Waals surface area contributed by atoms with Crippen molar-refractivity contribution in [3.05, 3.63) is 46.1 Å². The third-order valence-corrected chi connectivity index (χ3v) is 6.61. The number of aromatic nitrogens is 3. The highest BCUT2D eigenvalue weighted by Gasteiger charge is 2.24. The summed E-state index contributed by atoms with van der Waals surface area (Å²) in [5, 5.41) is 7.01. The second-order valence-corrected chi connectivity index (χ2v) is 10.2. The lowest BCUT2D eigenvalue weighted by molar-refractivity contribution is -0.122. The highest BCUT2D eigenvalue weighted by atomic mass is 32.2. The quantitative estimate of drug-likeness (QED) is 0.707. The van der Waals surface area contributed by atoms with Crippen LogP contribution in [0.5, 0.6) is 0 Å². The number of nitrogens with one attached hydrogen (secondary N) is 2. The van der Waals surface area contributed by atoms with E-state index in [1.54, 1.807) is 43.5 Å². The van der Waals surface area contributed by atoms with Gasteiger partial charge in [-0.3, -0.25) is 9.36 Å². The van der Waals surface area contributed by atoms with Gasteiger partial charge in [0, 0.05) is 25.0 Å². The minimum Gasteiger partial charge on any atom is -0.350 e. The summed E-state index contributed by atoms with van der Waals surface area (Å²) in [6.45, 7) is 5.75. The van der Waals surface area contributed by atoms with Gasteiger partial charge in [-0.05, 0) is 45.2 Å². The number of fused-ring (bicyclic) bond motifs is 1. The molecule has 0 radical (unpaired) electrons. The van der Waals surface area contributed by atoms with Crippen LogP contribution in [0, 0.1) is 0 Å². The van der Waals surface area contributed by atoms with Crippen LogP contribution < -0.4 is 15.7 Å². The lowest BCUT2D eigenvalue weighted by atomic mass is 10.1. The smallest absolute Gasteiger partial charge is 0.346 e. The van der Waals surface area contributed by atoms with Crippen LogP contribution in [0.3, 0.4) is 0 Å². The topological polar surface area (TPSA) is 115 Å². The highest BCUT2D eigenvalue weighted by Crippen LogP contribution is 2.17. The van der Waals surface area contributed by atoms with E-state index >= 15 is 0 Å². The molecule has 2 heterocycles. The molecule has 1 amide bonds. The van der Waals surface area contributed by atoms with E-state index in [0.29, 0.717) is 12.1 Å². The molecule has 3 rings (SSSR count). The van der Waals surface area contributed by atoms with Gasteiger partial charge in [-0.25, -0.2) is 22.6 Å². The van der Waals surface area contributed by atoms with E-state index in [2.05, 4.69) is 15.1 Å². The van der Waals surface area contributed by atoms with Gasteiger partial charge in [-0.1, -0.05) is 24.6 Å².